The van der Waals surface area contributed by atoms with Gasteiger partial charge in [-0.05, 0) is 22.6 Å². The lowest BCUT2D eigenvalue weighted by Gasteiger charge is -1.84. The summed E-state index contributed by atoms with van der Waals surface area (Å²) in [5.41, 5.74) is 1.99. The fraction of sp³-hybridized carbons (Fsp3) is 0. The number of hydrogen-bond donors (Lipinski definition) is 1. The van der Waals surface area contributed by atoms with Gasteiger partial charge in [0.05, 0.1) is 15.3 Å². The molecular weight excluding hydrogens is 241 g/mol. The number of H-pyrrole nitrogens is 1. The summed E-state index contributed by atoms with van der Waals surface area (Å²) in [6, 6.07) is 0. The Morgan fingerprint density at radius 3 is 3.20 bits per heavy atom. The molecule has 0 bridgehead atoms. The Bertz CT molecular complexity index is 355. The summed E-state index contributed by atoms with van der Waals surface area (Å²) in [6.07, 6.45) is 5.24. The molecule has 0 aliphatic heterocycles. The summed E-state index contributed by atoms with van der Waals surface area (Å²) in [4.78, 5) is 11.0. The van der Waals surface area contributed by atoms with Crippen LogP contribution in [-0.4, -0.2) is 15.0 Å². The van der Waals surface area contributed by atoms with Crippen LogP contribution in [0.1, 0.15) is 0 Å². The van der Waals surface area contributed by atoms with Crippen LogP contribution in [0.5, 0.6) is 0 Å². The maximum Gasteiger partial charge on any atom is 0.116 e. The first-order valence-corrected chi connectivity index (χ1v) is 3.88. The molecule has 2 rings (SSSR count). The van der Waals surface area contributed by atoms with Crippen molar-refractivity contribution in [2.24, 2.45) is 0 Å². The second-order valence-electron chi connectivity index (χ2n) is 1.92. The largest absolute Gasteiger partial charge is 0.358 e. The number of nitrogens with zero attached hydrogens (tertiary/aromatic N) is 2. The van der Waals surface area contributed by atoms with E-state index in [4.69, 9.17) is 0 Å². The van der Waals surface area contributed by atoms with Crippen molar-refractivity contribution in [2.45, 2.75) is 0 Å². The zero-order chi connectivity index (χ0) is 6.97. The highest BCUT2D eigenvalue weighted by molar-refractivity contribution is 14.1. The lowest BCUT2D eigenvalue weighted by Crippen LogP contribution is -1.76. The highest BCUT2D eigenvalue weighted by atomic mass is 127. The Balaban J connectivity index is 2.93. The maximum absolute atomic E-state index is 4.09. The summed E-state index contributed by atoms with van der Waals surface area (Å²) < 4.78 is 1.13. The van der Waals surface area contributed by atoms with Gasteiger partial charge in [-0.3, -0.25) is 0 Å². The van der Waals surface area contributed by atoms with Gasteiger partial charge in [0.1, 0.15) is 11.8 Å². The van der Waals surface area contributed by atoms with E-state index in [0.717, 1.165) is 14.6 Å². The summed E-state index contributed by atoms with van der Waals surface area (Å²) in [5.74, 6) is 0. The number of hydrogen-bond acceptors (Lipinski definition) is 2. The van der Waals surface area contributed by atoms with Crippen molar-refractivity contribution >= 4 is 33.6 Å². The first-order valence-electron chi connectivity index (χ1n) is 2.80. The van der Waals surface area contributed by atoms with Crippen molar-refractivity contribution < 1.29 is 0 Å². The van der Waals surface area contributed by atoms with Crippen molar-refractivity contribution in [3.05, 3.63) is 22.3 Å². The highest BCUT2D eigenvalue weighted by Crippen LogP contribution is 2.14. The zero-order valence-electron chi connectivity index (χ0n) is 5.00. The Morgan fingerprint density at radius 2 is 2.40 bits per heavy atom. The Morgan fingerprint density at radius 1 is 1.50 bits per heavy atom. The second kappa shape index (κ2) is 2.19. The molecule has 0 amide bonds. The molecule has 2 aromatic heterocycles. The minimum absolute atomic E-state index is 0.992. The fourth-order valence-corrected chi connectivity index (χ4v) is 1.42. The lowest BCUT2D eigenvalue weighted by atomic mass is 10.5. The smallest absolute Gasteiger partial charge is 0.116 e. The van der Waals surface area contributed by atoms with Gasteiger partial charge in [0, 0.05) is 6.20 Å². The topological polar surface area (TPSA) is 41.6 Å². The molecule has 50 valence electrons. The van der Waals surface area contributed by atoms with E-state index in [1.807, 2.05) is 6.20 Å². The van der Waals surface area contributed by atoms with Crippen LogP contribution in [0.15, 0.2) is 18.7 Å². The molecule has 0 spiro atoms. The summed E-state index contributed by atoms with van der Waals surface area (Å²) in [7, 11) is 0. The Labute approximate surface area is 71.0 Å². The van der Waals surface area contributed by atoms with Gasteiger partial charge in [-0.25, -0.2) is 9.97 Å². The van der Waals surface area contributed by atoms with E-state index < -0.39 is 0 Å². The first-order chi connectivity index (χ1) is 4.88. The molecule has 2 heterocycles. The summed E-state index contributed by atoms with van der Waals surface area (Å²) in [5, 5.41) is 0. The average molecular weight is 245 g/mol. The van der Waals surface area contributed by atoms with Gasteiger partial charge in [0.25, 0.3) is 0 Å². The number of halogens is 1. The molecule has 2 aromatic rings. The van der Waals surface area contributed by atoms with Crippen LogP contribution < -0.4 is 0 Å². The minimum Gasteiger partial charge on any atom is -0.358 e. The van der Waals surface area contributed by atoms with Gasteiger partial charge < -0.3 is 4.98 Å². The van der Waals surface area contributed by atoms with Crippen LogP contribution >= 0.6 is 22.6 Å². The molecule has 0 aliphatic rings. The average Bonchev–Trinajstić information content (AvgIpc) is 2.34. The minimum atomic E-state index is 0.992. The predicted molar refractivity (Wildman–Crippen MR) is 46.6 cm³/mol. The van der Waals surface area contributed by atoms with E-state index in [0.29, 0.717) is 0 Å². The Kier molecular flexibility index (Phi) is 1.33. The number of aromatic amines is 1. The van der Waals surface area contributed by atoms with Crippen LogP contribution in [0.2, 0.25) is 0 Å². The molecule has 0 atom stereocenters. The third kappa shape index (κ3) is 0.792. The second-order valence-corrected chi connectivity index (χ2v) is 3.08. The first kappa shape index (κ1) is 6.09. The number of aromatic nitrogens is 3. The molecule has 1 N–H and O–H groups in total. The third-order valence-electron chi connectivity index (χ3n) is 1.29. The fourth-order valence-electron chi connectivity index (χ4n) is 0.835. The highest BCUT2D eigenvalue weighted by Gasteiger charge is 1.98. The third-order valence-corrected chi connectivity index (χ3v) is 2.12. The number of rotatable bonds is 0. The predicted octanol–water partition coefficient (Wildman–Crippen LogP) is 1.56. The van der Waals surface area contributed by atoms with Crippen LogP contribution in [-0.2, 0) is 0 Å². The van der Waals surface area contributed by atoms with Gasteiger partial charge in [0.15, 0.2) is 0 Å². The molecule has 0 aliphatic carbocycles. The number of nitrogens with one attached hydrogen (secondary N) is 1. The normalized spacial score (nSPS) is 10.5. The van der Waals surface area contributed by atoms with Crippen molar-refractivity contribution in [1.82, 2.24) is 15.0 Å². The SMILES string of the molecule is Ic1c[nH]c2cncnc12. The van der Waals surface area contributed by atoms with Crippen LogP contribution in [0, 0.1) is 3.57 Å². The van der Waals surface area contributed by atoms with Gasteiger partial charge in [0.2, 0.25) is 0 Å². The van der Waals surface area contributed by atoms with Gasteiger partial charge in [-0.15, -0.1) is 0 Å². The van der Waals surface area contributed by atoms with E-state index in [1.54, 1.807) is 12.5 Å². The standard InChI is InChI=1S/C6H4IN3/c7-4-1-9-5-2-8-3-10-6(4)5/h1-3,9H. The molecule has 0 aromatic carbocycles. The maximum atomic E-state index is 4.09. The molecule has 0 unspecified atom stereocenters. The quantitative estimate of drug-likeness (QED) is 0.715. The van der Waals surface area contributed by atoms with Crippen molar-refractivity contribution in [1.29, 1.82) is 0 Å². The molecule has 0 saturated heterocycles. The lowest BCUT2D eigenvalue weighted by molar-refractivity contribution is 1.22. The van der Waals surface area contributed by atoms with Gasteiger partial charge >= 0.3 is 0 Å². The van der Waals surface area contributed by atoms with E-state index >= 15 is 0 Å². The van der Waals surface area contributed by atoms with Crippen molar-refractivity contribution in [3.8, 4) is 0 Å². The zero-order valence-corrected chi connectivity index (χ0v) is 7.16. The van der Waals surface area contributed by atoms with E-state index in [2.05, 4.69) is 37.5 Å². The molecule has 3 nitrogen and oxygen atoms in total. The summed E-state index contributed by atoms with van der Waals surface area (Å²) >= 11 is 2.23. The van der Waals surface area contributed by atoms with Crippen LogP contribution in [0.4, 0.5) is 0 Å². The van der Waals surface area contributed by atoms with Crippen molar-refractivity contribution in [2.75, 3.05) is 0 Å². The molecule has 10 heavy (non-hydrogen) atoms. The summed E-state index contributed by atoms with van der Waals surface area (Å²) in [6.45, 7) is 0. The monoisotopic (exact) mass is 245 g/mol. The van der Waals surface area contributed by atoms with E-state index in [9.17, 15) is 0 Å². The molecule has 0 radical (unpaired) electrons. The van der Waals surface area contributed by atoms with Gasteiger partial charge in [-0.1, -0.05) is 0 Å². The van der Waals surface area contributed by atoms with Gasteiger partial charge in [-0.2, -0.15) is 0 Å². The number of fused-ring (bicyclic) bond motifs is 1. The Hall–Kier alpha value is -0.650. The molecular formula is C6H4IN3. The van der Waals surface area contributed by atoms with E-state index in [1.165, 1.54) is 0 Å². The molecule has 0 saturated carbocycles. The van der Waals surface area contributed by atoms with Crippen LogP contribution in [0.3, 0.4) is 0 Å². The van der Waals surface area contributed by atoms with E-state index in [-0.39, 0.29) is 0 Å². The van der Waals surface area contributed by atoms with Crippen molar-refractivity contribution in [3.63, 3.8) is 0 Å². The molecule has 4 heteroatoms. The van der Waals surface area contributed by atoms with Crippen LogP contribution in [0.25, 0.3) is 11.0 Å². The molecule has 0 fully saturated rings.